The lowest BCUT2D eigenvalue weighted by molar-refractivity contribution is 0.0989. The van der Waals surface area contributed by atoms with Gasteiger partial charge in [-0.25, -0.2) is 8.42 Å². The summed E-state index contributed by atoms with van der Waals surface area (Å²) < 4.78 is 27.4. The minimum atomic E-state index is -3.49. The molecule has 0 bridgehead atoms. The van der Waals surface area contributed by atoms with Crippen LogP contribution < -0.4 is 4.90 Å². The van der Waals surface area contributed by atoms with Gasteiger partial charge in [0.1, 0.15) is 0 Å². The average molecular weight is 439 g/mol. The lowest BCUT2D eigenvalue weighted by Crippen LogP contribution is -2.35. The molecule has 1 amide bonds. The van der Waals surface area contributed by atoms with E-state index < -0.39 is 10.0 Å². The molecule has 8 heteroatoms. The van der Waals surface area contributed by atoms with Gasteiger partial charge in [0.2, 0.25) is 10.0 Å². The number of fused-ring (bicyclic) bond motifs is 1. The van der Waals surface area contributed by atoms with Crippen LogP contribution in [0.5, 0.6) is 0 Å². The Bertz CT molecular complexity index is 1030. The van der Waals surface area contributed by atoms with Gasteiger partial charge in [-0.3, -0.25) is 4.79 Å². The third-order valence-electron chi connectivity index (χ3n) is 5.30. The van der Waals surface area contributed by atoms with Crippen LogP contribution in [-0.4, -0.2) is 38.3 Å². The van der Waals surface area contributed by atoms with E-state index in [0.29, 0.717) is 46.6 Å². The Hall–Kier alpha value is -1.60. The van der Waals surface area contributed by atoms with Crippen LogP contribution in [0.2, 0.25) is 10.0 Å². The molecule has 2 aliphatic rings. The van der Waals surface area contributed by atoms with Gasteiger partial charge in [0.15, 0.2) is 0 Å². The van der Waals surface area contributed by atoms with Crippen LogP contribution in [-0.2, 0) is 16.4 Å². The van der Waals surface area contributed by atoms with Crippen LogP contribution >= 0.6 is 23.2 Å². The zero-order chi connectivity index (χ0) is 19.9. The van der Waals surface area contributed by atoms with Crippen LogP contribution in [0.25, 0.3) is 0 Å². The molecule has 0 saturated carbocycles. The van der Waals surface area contributed by atoms with Crippen LogP contribution in [0.4, 0.5) is 5.69 Å². The molecule has 0 unspecified atom stereocenters. The summed E-state index contributed by atoms with van der Waals surface area (Å²) in [6, 6.07) is 9.80. The first-order valence-electron chi connectivity index (χ1n) is 9.28. The molecule has 148 valence electrons. The fourth-order valence-electron chi connectivity index (χ4n) is 3.81. The van der Waals surface area contributed by atoms with E-state index in [4.69, 9.17) is 23.2 Å². The van der Waals surface area contributed by atoms with E-state index in [0.717, 1.165) is 30.5 Å². The number of hydrogen-bond acceptors (Lipinski definition) is 3. The molecule has 0 spiro atoms. The first kappa shape index (κ1) is 19.7. The number of carbonyl (C=O) groups is 1. The second-order valence-electron chi connectivity index (χ2n) is 7.09. The Morgan fingerprint density at radius 1 is 0.929 bits per heavy atom. The van der Waals surface area contributed by atoms with Gasteiger partial charge in [-0.05, 0) is 61.2 Å². The molecular weight excluding hydrogens is 419 g/mol. The Morgan fingerprint density at radius 3 is 2.43 bits per heavy atom. The van der Waals surface area contributed by atoms with Gasteiger partial charge in [0.05, 0.1) is 15.5 Å². The van der Waals surface area contributed by atoms with Crippen molar-refractivity contribution in [1.82, 2.24) is 4.31 Å². The van der Waals surface area contributed by atoms with Crippen molar-refractivity contribution in [3.05, 3.63) is 57.6 Å². The quantitative estimate of drug-likeness (QED) is 0.714. The highest BCUT2D eigenvalue weighted by Gasteiger charge is 2.31. The van der Waals surface area contributed by atoms with Gasteiger partial charge in [0, 0.05) is 30.3 Å². The van der Waals surface area contributed by atoms with Crippen molar-refractivity contribution >= 4 is 44.8 Å². The number of benzene rings is 2. The first-order chi connectivity index (χ1) is 13.4. The molecule has 2 heterocycles. The summed E-state index contributed by atoms with van der Waals surface area (Å²) >= 11 is 12.2. The molecule has 0 radical (unpaired) electrons. The molecule has 28 heavy (non-hydrogen) atoms. The van der Waals surface area contributed by atoms with E-state index in [1.54, 1.807) is 45.6 Å². The van der Waals surface area contributed by atoms with Gasteiger partial charge in [-0.15, -0.1) is 0 Å². The van der Waals surface area contributed by atoms with Crippen LogP contribution in [0.15, 0.2) is 41.3 Å². The van der Waals surface area contributed by atoms with Gasteiger partial charge >= 0.3 is 0 Å². The minimum absolute atomic E-state index is 0.238. The van der Waals surface area contributed by atoms with Crippen molar-refractivity contribution in [2.75, 3.05) is 24.5 Å². The maximum atomic E-state index is 13.0. The summed E-state index contributed by atoms with van der Waals surface area (Å²) in [7, 11) is -3.49. The normalized spacial score (nSPS) is 17.6. The number of hydrogen-bond donors (Lipinski definition) is 0. The number of amides is 1. The Kier molecular flexibility index (Phi) is 5.40. The average Bonchev–Trinajstić information content (AvgIpc) is 3.13. The third kappa shape index (κ3) is 3.54. The van der Waals surface area contributed by atoms with Crippen LogP contribution in [0, 0.1) is 0 Å². The molecule has 2 aromatic rings. The Morgan fingerprint density at radius 2 is 1.68 bits per heavy atom. The van der Waals surface area contributed by atoms with Crippen LogP contribution in [0.1, 0.15) is 35.2 Å². The molecule has 0 atom stereocenters. The third-order valence-corrected chi connectivity index (χ3v) is 7.76. The van der Waals surface area contributed by atoms with Gasteiger partial charge in [0.25, 0.3) is 5.91 Å². The highest BCUT2D eigenvalue weighted by molar-refractivity contribution is 7.89. The number of anilines is 1. The van der Waals surface area contributed by atoms with E-state index in [2.05, 4.69) is 0 Å². The van der Waals surface area contributed by atoms with E-state index in [1.165, 1.54) is 0 Å². The van der Waals surface area contributed by atoms with E-state index >= 15 is 0 Å². The molecule has 4 rings (SSSR count). The van der Waals surface area contributed by atoms with E-state index in [9.17, 15) is 13.2 Å². The number of nitrogens with zero attached hydrogens (tertiary/aromatic N) is 2. The van der Waals surface area contributed by atoms with Gasteiger partial charge < -0.3 is 4.90 Å². The maximum Gasteiger partial charge on any atom is 0.259 e. The summed E-state index contributed by atoms with van der Waals surface area (Å²) in [5.74, 6) is -0.238. The van der Waals surface area contributed by atoms with E-state index in [-0.39, 0.29) is 5.91 Å². The van der Waals surface area contributed by atoms with Gasteiger partial charge in [-0.2, -0.15) is 4.31 Å². The predicted octanol–water partition coefficient (Wildman–Crippen LogP) is 4.37. The highest BCUT2D eigenvalue weighted by Crippen LogP contribution is 2.34. The molecular formula is C20H20Cl2N2O3S. The monoisotopic (exact) mass is 438 g/mol. The zero-order valence-electron chi connectivity index (χ0n) is 15.2. The second kappa shape index (κ2) is 7.67. The first-order valence-corrected chi connectivity index (χ1v) is 11.5. The number of carbonyl (C=O) groups excluding carboxylic acids is 1. The molecule has 1 saturated heterocycles. The molecule has 0 N–H and O–H groups in total. The van der Waals surface area contributed by atoms with Crippen molar-refractivity contribution in [1.29, 1.82) is 0 Å². The fraction of sp³-hybridized carbons (Fsp3) is 0.350. The largest absolute Gasteiger partial charge is 0.308 e. The topological polar surface area (TPSA) is 57.7 Å². The zero-order valence-corrected chi connectivity index (χ0v) is 17.5. The van der Waals surface area contributed by atoms with Gasteiger partial charge in [-0.1, -0.05) is 29.6 Å². The summed E-state index contributed by atoms with van der Waals surface area (Å²) in [6.07, 6.45) is 3.46. The second-order valence-corrected chi connectivity index (χ2v) is 9.87. The molecule has 2 aromatic carbocycles. The number of halogens is 2. The number of rotatable bonds is 3. The number of sulfonamides is 1. The predicted molar refractivity (Wildman–Crippen MR) is 111 cm³/mol. The molecule has 2 aliphatic heterocycles. The lowest BCUT2D eigenvalue weighted by atomic mass is 10.1. The Labute approximate surface area is 174 Å². The molecule has 5 nitrogen and oxygen atoms in total. The SMILES string of the molecule is O=C(c1cc(Cl)ccc1Cl)N1CCc2cc(S(=O)(=O)N3CCCCC3)ccc21. The van der Waals surface area contributed by atoms with Crippen molar-refractivity contribution in [2.45, 2.75) is 30.6 Å². The smallest absolute Gasteiger partial charge is 0.259 e. The summed E-state index contributed by atoms with van der Waals surface area (Å²) in [6.45, 7) is 1.61. The Balaban J connectivity index is 1.63. The van der Waals surface area contributed by atoms with Crippen LogP contribution in [0.3, 0.4) is 0 Å². The lowest BCUT2D eigenvalue weighted by Gasteiger charge is -2.26. The summed E-state index contributed by atoms with van der Waals surface area (Å²) in [4.78, 5) is 14.9. The summed E-state index contributed by atoms with van der Waals surface area (Å²) in [5, 5.41) is 0.780. The maximum absolute atomic E-state index is 13.0. The molecule has 1 fully saturated rings. The van der Waals surface area contributed by atoms with Crippen molar-refractivity contribution in [3.63, 3.8) is 0 Å². The minimum Gasteiger partial charge on any atom is -0.308 e. The standard InChI is InChI=1S/C20H20Cl2N2O3S/c21-15-4-6-18(22)17(13-15)20(25)24-11-8-14-12-16(5-7-19(14)24)28(26,27)23-9-2-1-3-10-23/h4-7,12-13H,1-3,8-11H2. The molecule has 0 aromatic heterocycles. The molecule has 0 aliphatic carbocycles. The van der Waals surface area contributed by atoms with Crippen molar-refractivity contribution in [2.24, 2.45) is 0 Å². The summed E-state index contributed by atoms with van der Waals surface area (Å²) in [5.41, 5.74) is 1.91. The van der Waals surface area contributed by atoms with E-state index in [1.807, 2.05) is 0 Å². The van der Waals surface area contributed by atoms with Crippen molar-refractivity contribution in [3.8, 4) is 0 Å². The number of piperidine rings is 1. The van der Waals surface area contributed by atoms with Crippen molar-refractivity contribution < 1.29 is 13.2 Å². The highest BCUT2D eigenvalue weighted by atomic mass is 35.5. The fourth-order valence-corrected chi connectivity index (χ4v) is 5.75.